The Morgan fingerprint density at radius 3 is 2.12 bits per heavy atom. The van der Waals surface area contributed by atoms with Crippen molar-refractivity contribution in [1.82, 2.24) is 0 Å². The molecule has 0 radical (unpaired) electrons. The summed E-state index contributed by atoms with van der Waals surface area (Å²) in [6, 6.07) is 8.27. The molecular formula is C14H22O2. The van der Waals surface area contributed by atoms with Crippen molar-refractivity contribution in [2.24, 2.45) is 0 Å². The minimum Gasteiger partial charge on any atom is -0.491 e. The van der Waals surface area contributed by atoms with Crippen LogP contribution in [0.2, 0.25) is 0 Å². The Bertz CT molecular complexity index is 309. The highest BCUT2D eigenvalue weighted by Crippen LogP contribution is 2.24. The Labute approximate surface area is 98.6 Å². The lowest BCUT2D eigenvalue weighted by atomic mass is 9.87. The maximum Gasteiger partial charge on any atom is 0.119 e. The summed E-state index contributed by atoms with van der Waals surface area (Å²) in [5.74, 6) is 0.900. The fourth-order valence-corrected chi connectivity index (χ4v) is 1.33. The van der Waals surface area contributed by atoms with Crippen molar-refractivity contribution in [2.75, 3.05) is 13.7 Å². The fourth-order valence-electron chi connectivity index (χ4n) is 1.33. The van der Waals surface area contributed by atoms with Crippen LogP contribution in [0.5, 0.6) is 5.75 Å². The number of methoxy groups -OCH3 is 1. The van der Waals surface area contributed by atoms with Gasteiger partial charge in [0.25, 0.3) is 0 Å². The summed E-state index contributed by atoms with van der Waals surface area (Å²) in [6.45, 7) is 9.19. The Kier molecular flexibility index (Phi) is 4.36. The van der Waals surface area contributed by atoms with E-state index in [1.165, 1.54) is 5.56 Å². The number of hydrogen-bond acceptors (Lipinski definition) is 2. The van der Waals surface area contributed by atoms with Gasteiger partial charge in [0.15, 0.2) is 0 Å². The average Bonchev–Trinajstić information content (AvgIpc) is 2.25. The van der Waals surface area contributed by atoms with Gasteiger partial charge in [0, 0.05) is 7.11 Å². The summed E-state index contributed by atoms with van der Waals surface area (Å²) in [6.07, 6.45) is 0.127. The predicted octanol–water partition coefficient (Wildman–Crippen LogP) is 3.40. The van der Waals surface area contributed by atoms with Crippen LogP contribution in [0.4, 0.5) is 0 Å². The SMILES string of the molecule is COC(C)COc1ccc(C(C)(C)C)cc1. The molecule has 0 saturated heterocycles. The third kappa shape index (κ3) is 3.86. The van der Waals surface area contributed by atoms with Crippen LogP contribution in [0.3, 0.4) is 0 Å². The third-order valence-corrected chi connectivity index (χ3v) is 2.61. The molecule has 0 aromatic heterocycles. The van der Waals surface area contributed by atoms with Crippen molar-refractivity contribution in [3.8, 4) is 5.75 Å². The first kappa shape index (κ1) is 13.0. The van der Waals surface area contributed by atoms with E-state index >= 15 is 0 Å². The molecule has 0 spiro atoms. The van der Waals surface area contributed by atoms with Crippen molar-refractivity contribution in [3.05, 3.63) is 29.8 Å². The molecule has 2 nitrogen and oxygen atoms in total. The van der Waals surface area contributed by atoms with E-state index in [0.29, 0.717) is 6.61 Å². The van der Waals surface area contributed by atoms with E-state index in [1.807, 2.05) is 19.1 Å². The first-order valence-corrected chi connectivity index (χ1v) is 5.69. The molecule has 1 rings (SSSR count). The topological polar surface area (TPSA) is 18.5 Å². The molecule has 0 saturated carbocycles. The highest BCUT2D eigenvalue weighted by Gasteiger charge is 2.13. The Morgan fingerprint density at radius 1 is 1.12 bits per heavy atom. The first-order chi connectivity index (χ1) is 7.43. The Morgan fingerprint density at radius 2 is 1.69 bits per heavy atom. The molecule has 0 N–H and O–H groups in total. The maximum atomic E-state index is 5.60. The monoisotopic (exact) mass is 222 g/mol. The molecule has 0 heterocycles. The van der Waals surface area contributed by atoms with E-state index in [0.717, 1.165) is 5.75 Å². The smallest absolute Gasteiger partial charge is 0.119 e. The second-order valence-electron chi connectivity index (χ2n) is 5.13. The number of ether oxygens (including phenoxy) is 2. The van der Waals surface area contributed by atoms with Gasteiger partial charge in [0.2, 0.25) is 0 Å². The molecule has 2 heteroatoms. The molecule has 1 aromatic carbocycles. The molecule has 0 aliphatic rings. The maximum absolute atomic E-state index is 5.60. The Hall–Kier alpha value is -1.02. The van der Waals surface area contributed by atoms with Crippen LogP contribution in [-0.2, 0) is 10.2 Å². The zero-order valence-corrected chi connectivity index (χ0v) is 10.9. The summed E-state index contributed by atoms with van der Waals surface area (Å²) in [4.78, 5) is 0. The van der Waals surface area contributed by atoms with Gasteiger partial charge in [-0.1, -0.05) is 32.9 Å². The van der Waals surface area contributed by atoms with E-state index in [2.05, 4.69) is 32.9 Å². The molecule has 16 heavy (non-hydrogen) atoms. The molecule has 0 bridgehead atoms. The van der Waals surface area contributed by atoms with Crippen molar-refractivity contribution in [2.45, 2.75) is 39.2 Å². The first-order valence-electron chi connectivity index (χ1n) is 5.69. The lowest BCUT2D eigenvalue weighted by Gasteiger charge is -2.19. The van der Waals surface area contributed by atoms with Crippen molar-refractivity contribution in [3.63, 3.8) is 0 Å². The minimum absolute atomic E-state index is 0.127. The van der Waals surface area contributed by atoms with Crippen molar-refractivity contribution in [1.29, 1.82) is 0 Å². The lowest BCUT2D eigenvalue weighted by Crippen LogP contribution is -2.16. The fraction of sp³-hybridized carbons (Fsp3) is 0.571. The van der Waals surface area contributed by atoms with Crippen LogP contribution >= 0.6 is 0 Å². The highest BCUT2D eigenvalue weighted by molar-refractivity contribution is 5.31. The molecule has 0 amide bonds. The number of rotatable bonds is 4. The quantitative estimate of drug-likeness (QED) is 0.777. The molecule has 1 atom stereocenters. The average molecular weight is 222 g/mol. The second-order valence-corrected chi connectivity index (χ2v) is 5.13. The van der Waals surface area contributed by atoms with E-state index in [9.17, 15) is 0 Å². The van der Waals surface area contributed by atoms with E-state index in [-0.39, 0.29) is 11.5 Å². The second kappa shape index (κ2) is 5.35. The van der Waals surface area contributed by atoms with Gasteiger partial charge in [-0.3, -0.25) is 0 Å². The molecule has 0 aliphatic heterocycles. The highest BCUT2D eigenvalue weighted by atomic mass is 16.5. The zero-order valence-electron chi connectivity index (χ0n) is 10.9. The van der Waals surface area contributed by atoms with E-state index < -0.39 is 0 Å². The third-order valence-electron chi connectivity index (χ3n) is 2.61. The summed E-state index contributed by atoms with van der Waals surface area (Å²) < 4.78 is 10.7. The summed E-state index contributed by atoms with van der Waals surface area (Å²) in [5, 5.41) is 0. The molecule has 0 aliphatic carbocycles. The largest absolute Gasteiger partial charge is 0.491 e. The van der Waals surface area contributed by atoms with Gasteiger partial charge >= 0.3 is 0 Å². The number of benzene rings is 1. The lowest BCUT2D eigenvalue weighted by molar-refractivity contribution is 0.0716. The van der Waals surface area contributed by atoms with Gasteiger partial charge < -0.3 is 9.47 Å². The van der Waals surface area contributed by atoms with Crippen molar-refractivity contribution >= 4 is 0 Å². The molecule has 1 unspecified atom stereocenters. The van der Waals surface area contributed by atoms with Crippen LogP contribution in [0.25, 0.3) is 0 Å². The van der Waals surface area contributed by atoms with Gasteiger partial charge in [-0.15, -0.1) is 0 Å². The van der Waals surface area contributed by atoms with Gasteiger partial charge in [-0.2, -0.15) is 0 Å². The van der Waals surface area contributed by atoms with Crippen LogP contribution in [-0.4, -0.2) is 19.8 Å². The number of hydrogen-bond donors (Lipinski definition) is 0. The molecule has 0 fully saturated rings. The molecular weight excluding hydrogens is 200 g/mol. The standard InChI is InChI=1S/C14H22O2/c1-11(15-5)10-16-13-8-6-12(7-9-13)14(2,3)4/h6-9,11H,10H2,1-5H3. The van der Waals surface area contributed by atoms with E-state index in [1.54, 1.807) is 7.11 Å². The van der Waals surface area contributed by atoms with Crippen LogP contribution in [0, 0.1) is 0 Å². The minimum atomic E-state index is 0.127. The van der Waals surface area contributed by atoms with Gasteiger partial charge in [0.05, 0.1) is 6.10 Å². The summed E-state index contributed by atoms with van der Waals surface area (Å²) >= 11 is 0. The zero-order chi connectivity index (χ0) is 12.2. The van der Waals surface area contributed by atoms with Crippen LogP contribution in [0.1, 0.15) is 33.3 Å². The van der Waals surface area contributed by atoms with Gasteiger partial charge in [-0.05, 0) is 30.0 Å². The molecule has 1 aromatic rings. The predicted molar refractivity (Wildman–Crippen MR) is 67.1 cm³/mol. The Balaban J connectivity index is 2.58. The van der Waals surface area contributed by atoms with E-state index in [4.69, 9.17) is 9.47 Å². The normalized spacial score (nSPS) is 13.6. The summed E-state index contributed by atoms with van der Waals surface area (Å²) in [5.41, 5.74) is 1.51. The van der Waals surface area contributed by atoms with Gasteiger partial charge in [0.1, 0.15) is 12.4 Å². The molecule has 90 valence electrons. The van der Waals surface area contributed by atoms with Crippen LogP contribution in [0.15, 0.2) is 24.3 Å². The van der Waals surface area contributed by atoms with Crippen LogP contribution < -0.4 is 4.74 Å². The van der Waals surface area contributed by atoms with Gasteiger partial charge in [-0.25, -0.2) is 0 Å². The van der Waals surface area contributed by atoms with Crippen molar-refractivity contribution < 1.29 is 9.47 Å². The summed E-state index contributed by atoms with van der Waals surface area (Å²) in [7, 11) is 1.69.